The van der Waals surface area contributed by atoms with Crippen LogP contribution in [0.4, 0.5) is 5.82 Å². The summed E-state index contributed by atoms with van der Waals surface area (Å²) in [5.41, 5.74) is 0.559. The molecule has 1 unspecified atom stereocenters. The molecule has 1 atom stereocenters. The van der Waals surface area contributed by atoms with Crippen LogP contribution in [0.5, 0.6) is 0 Å². The molecular weight excluding hydrogens is 320 g/mol. The summed E-state index contributed by atoms with van der Waals surface area (Å²) in [6.45, 7) is 4.87. The summed E-state index contributed by atoms with van der Waals surface area (Å²) < 4.78 is 1.53. The average Bonchev–Trinajstić information content (AvgIpc) is 2.62. The van der Waals surface area contributed by atoms with Gasteiger partial charge in [-0.15, -0.1) is 0 Å². The van der Waals surface area contributed by atoms with Crippen molar-refractivity contribution in [3.8, 4) is 0 Å². The van der Waals surface area contributed by atoms with E-state index in [1.54, 1.807) is 18.3 Å². The van der Waals surface area contributed by atoms with Gasteiger partial charge in [0.05, 0.1) is 12.2 Å². The van der Waals surface area contributed by atoms with E-state index >= 15 is 0 Å². The van der Waals surface area contributed by atoms with Crippen LogP contribution >= 0.6 is 0 Å². The van der Waals surface area contributed by atoms with Crippen LogP contribution in [-0.4, -0.2) is 50.3 Å². The molecule has 8 nitrogen and oxygen atoms in total. The van der Waals surface area contributed by atoms with E-state index in [0.717, 1.165) is 31.6 Å². The number of likely N-dealkylation sites (tertiary alicyclic amines) is 1. The molecule has 0 spiro atoms. The standard InChI is InChI=1S/C17H24N6O2/c1-13-5-6-15(24)23(21-13)11-10-22-9-3-2-4-14(22)12-20-16-17(25)19-8-7-18-16/h5-8,14H,2-4,9-12H2,1H3,(H,18,20)(H,19,25). The van der Waals surface area contributed by atoms with Gasteiger partial charge in [-0.05, 0) is 32.4 Å². The number of aromatic nitrogens is 4. The lowest BCUT2D eigenvalue weighted by Gasteiger charge is -2.35. The van der Waals surface area contributed by atoms with Gasteiger partial charge in [0, 0.05) is 37.6 Å². The average molecular weight is 344 g/mol. The van der Waals surface area contributed by atoms with Gasteiger partial charge in [-0.25, -0.2) is 9.67 Å². The molecule has 0 radical (unpaired) electrons. The lowest BCUT2D eigenvalue weighted by Crippen LogP contribution is -2.46. The Morgan fingerprint density at radius 2 is 2.16 bits per heavy atom. The van der Waals surface area contributed by atoms with Crippen LogP contribution in [0.2, 0.25) is 0 Å². The first-order valence-corrected chi connectivity index (χ1v) is 8.70. The Balaban J connectivity index is 1.61. The molecule has 0 aromatic carbocycles. The van der Waals surface area contributed by atoms with Crippen molar-refractivity contribution in [2.75, 3.05) is 25.0 Å². The third-order valence-electron chi connectivity index (χ3n) is 4.56. The Bertz CT molecular complexity index is 815. The minimum Gasteiger partial charge on any atom is -0.364 e. The predicted octanol–water partition coefficient (Wildman–Crippen LogP) is 0.602. The maximum absolute atomic E-state index is 11.9. The molecule has 8 heteroatoms. The van der Waals surface area contributed by atoms with Crippen molar-refractivity contribution < 1.29 is 0 Å². The van der Waals surface area contributed by atoms with E-state index in [-0.39, 0.29) is 11.1 Å². The van der Waals surface area contributed by atoms with Gasteiger partial charge in [0.25, 0.3) is 11.1 Å². The summed E-state index contributed by atoms with van der Waals surface area (Å²) in [4.78, 5) is 32.7. The molecule has 2 N–H and O–H groups in total. The van der Waals surface area contributed by atoms with Gasteiger partial charge >= 0.3 is 0 Å². The van der Waals surface area contributed by atoms with Crippen molar-refractivity contribution in [2.24, 2.45) is 0 Å². The molecule has 1 aliphatic rings. The van der Waals surface area contributed by atoms with Crippen molar-refractivity contribution in [1.29, 1.82) is 0 Å². The Hall–Kier alpha value is -2.48. The van der Waals surface area contributed by atoms with Gasteiger partial charge in [0.15, 0.2) is 5.82 Å². The van der Waals surface area contributed by atoms with E-state index in [4.69, 9.17) is 0 Å². The zero-order valence-corrected chi connectivity index (χ0v) is 14.4. The maximum atomic E-state index is 11.9. The molecule has 1 aliphatic heterocycles. The molecule has 2 aromatic rings. The second-order valence-corrected chi connectivity index (χ2v) is 6.37. The number of nitrogens with one attached hydrogen (secondary N) is 2. The van der Waals surface area contributed by atoms with Gasteiger partial charge in [-0.1, -0.05) is 6.42 Å². The molecule has 3 rings (SSSR count). The summed E-state index contributed by atoms with van der Waals surface area (Å²) in [6.07, 6.45) is 6.47. The van der Waals surface area contributed by atoms with Gasteiger partial charge in [0.1, 0.15) is 0 Å². The number of nitrogens with zero attached hydrogens (tertiary/aromatic N) is 4. The maximum Gasteiger partial charge on any atom is 0.290 e. The van der Waals surface area contributed by atoms with Gasteiger partial charge in [-0.3, -0.25) is 14.5 Å². The zero-order valence-electron chi connectivity index (χ0n) is 14.4. The third-order valence-corrected chi connectivity index (χ3v) is 4.56. The Morgan fingerprint density at radius 3 is 3.00 bits per heavy atom. The number of anilines is 1. The largest absolute Gasteiger partial charge is 0.364 e. The normalized spacial score (nSPS) is 18.2. The molecule has 0 bridgehead atoms. The molecule has 25 heavy (non-hydrogen) atoms. The number of rotatable bonds is 6. The van der Waals surface area contributed by atoms with E-state index < -0.39 is 0 Å². The minimum atomic E-state index is -0.208. The van der Waals surface area contributed by atoms with Crippen molar-refractivity contribution in [1.82, 2.24) is 24.6 Å². The monoisotopic (exact) mass is 344 g/mol. The van der Waals surface area contributed by atoms with Crippen LogP contribution in [0.3, 0.4) is 0 Å². The fourth-order valence-electron chi connectivity index (χ4n) is 3.21. The van der Waals surface area contributed by atoms with E-state index in [1.165, 1.54) is 17.3 Å². The fourth-order valence-corrected chi connectivity index (χ4v) is 3.21. The van der Waals surface area contributed by atoms with Crippen molar-refractivity contribution in [3.63, 3.8) is 0 Å². The smallest absolute Gasteiger partial charge is 0.290 e. The summed E-state index contributed by atoms with van der Waals surface area (Å²) >= 11 is 0. The number of aryl methyl sites for hydroxylation is 1. The SMILES string of the molecule is Cc1ccc(=O)n(CCN2CCCCC2CNc2ncc[nH]c2=O)n1. The molecule has 134 valence electrons. The molecule has 0 saturated carbocycles. The third kappa shape index (κ3) is 4.54. The van der Waals surface area contributed by atoms with Gasteiger partial charge in [-0.2, -0.15) is 5.10 Å². The highest BCUT2D eigenvalue weighted by molar-refractivity contribution is 5.30. The van der Waals surface area contributed by atoms with Crippen molar-refractivity contribution >= 4 is 5.82 Å². The Morgan fingerprint density at radius 1 is 1.28 bits per heavy atom. The summed E-state index contributed by atoms with van der Waals surface area (Å²) in [5, 5.41) is 7.44. The second-order valence-electron chi connectivity index (χ2n) is 6.37. The first-order chi connectivity index (χ1) is 12.1. The van der Waals surface area contributed by atoms with Crippen LogP contribution in [0.1, 0.15) is 25.0 Å². The van der Waals surface area contributed by atoms with Crippen LogP contribution in [-0.2, 0) is 6.54 Å². The molecule has 1 fully saturated rings. The Labute approximate surface area is 145 Å². The number of H-pyrrole nitrogens is 1. The first kappa shape index (κ1) is 17.3. The topological polar surface area (TPSA) is 95.9 Å². The number of aromatic amines is 1. The van der Waals surface area contributed by atoms with Crippen LogP contribution in [0, 0.1) is 6.92 Å². The summed E-state index contributed by atoms with van der Waals surface area (Å²) in [7, 11) is 0. The molecule has 0 amide bonds. The molecule has 3 heterocycles. The summed E-state index contributed by atoms with van der Waals surface area (Å²) in [5.74, 6) is 0.351. The molecule has 1 saturated heterocycles. The highest BCUT2D eigenvalue weighted by Gasteiger charge is 2.22. The molecule has 0 aliphatic carbocycles. The van der Waals surface area contributed by atoms with Crippen LogP contribution < -0.4 is 16.4 Å². The number of piperidine rings is 1. The lowest BCUT2D eigenvalue weighted by molar-refractivity contribution is 0.148. The first-order valence-electron chi connectivity index (χ1n) is 8.70. The predicted molar refractivity (Wildman–Crippen MR) is 95.8 cm³/mol. The number of hydrogen-bond donors (Lipinski definition) is 2. The van der Waals surface area contributed by atoms with Gasteiger partial charge < -0.3 is 10.3 Å². The lowest BCUT2D eigenvalue weighted by atomic mass is 10.0. The van der Waals surface area contributed by atoms with E-state index in [9.17, 15) is 9.59 Å². The van der Waals surface area contributed by atoms with E-state index in [0.29, 0.717) is 24.9 Å². The minimum absolute atomic E-state index is 0.0719. The molecule has 2 aromatic heterocycles. The van der Waals surface area contributed by atoms with Crippen LogP contribution in [0.15, 0.2) is 34.1 Å². The van der Waals surface area contributed by atoms with Crippen molar-refractivity contribution in [2.45, 2.75) is 38.8 Å². The zero-order chi connectivity index (χ0) is 17.6. The number of hydrogen-bond acceptors (Lipinski definition) is 6. The van der Waals surface area contributed by atoms with E-state index in [2.05, 4.69) is 25.3 Å². The van der Waals surface area contributed by atoms with E-state index in [1.807, 2.05) is 6.92 Å². The second kappa shape index (κ2) is 8.06. The fraction of sp³-hybridized carbons (Fsp3) is 0.529. The van der Waals surface area contributed by atoms with Crippen LogP contribution in [0.25, 0.3) is 0 Å². The summed E-state index contributed by atoms with van der Waals surface area (Å²) in [6, 6.07) is 3.61. The van der Waals surface area contributed by atoms with Crippen molar-refractivity contribution in [3.05, 3.63) is 50.9 Å². The van der Waals surface area contributed by atoms with Gasteiger partial charge in [0.2, 0.25) is 0 Å². The molecular formula is C17H24N6O2. The highest BCUT2D eigenvalue weighted by atomic mass is 16.1. The highest BCUT2D eigenvalue weighted by Crippen LogP contribution is 2.17. The quantitative estimate of drug-likeness (QED) is 0.797. The Kier molecular flexibility index (Phi) is 5.60.